The van der Waals surface area contributed by atoms with Crippen LogP contribution in [-0.2, 0) is 17.9 Å². The van der Waals surface area contributed by atoms with Crippen molar-refractivity contribution in [1.29, 1.82) is 0 Å². The van der Waals surface area contributed by atoms with Crippen molar-refractivity contribution in [3.63, 3.8) is 0 Å². The second-order valence-corrected chi connectivity index (χ2v) is 11.1. The maximum absolute atomic E-state index is 13.8. The van der Waals surface area contributed by atoms with Crippen molar-refractivity contribution in [1.82, 2.24) is 9.80 Å². The minimum absolute atomic E-state index is 0.0164. The molecule has 1 aliphatic rings. The molecule has 0 aliphatic heterocycles. The van der Waals surface area contributed by atoms with Gasteiger partial charge in [0.2, 0.25) is 5.91 Å². The summed E-state index contributed by atoms with van der Waals surface area (Å²) in [5, 5.41) is 2.99. The van der Waals surface area contributed by atoms with Gasteiger partial charge in [-0.25, -0.2) is 4.79 Å². The third-order valence-electron chi connectivity index (χ3n) is 6.90. The molecular formula is C30H37N3O4S. The van der Waals surface area contributed by atoms with Gasteiger partial charge in [0.1, 0.15) is 18.0 Å². The molecule has 1 heterocycles. The zero-order chi connectivity index (χ0) is 26.9. The van der Waals surface area contributed by atoms with Crippen LogP contribution in [0.3, 0.4) is 0 Å². The molecule has 38 heavy (non-hydrogen) atoms. The zero-order valence-corrected chi connectivity index (χ0v) is 23.3. The number of aryl methyl sites for hydroxylation is 1. The van der Waals surface area contributed by atoms with Gasteiger partial charge in [-0.1, -0.05) is 49.6 Å². The fourth-order valence-electron chi connectivity index (χ4n) is 4.87. The van der Waals surface area contributed by atoms with Crippen molar-refractivity contribution in [2.45, 2.75) is 58.2 Å². The third kappa shape index (κ3) is 7.51. The predicted octanol–water partition coefficient (Wildman–Crippen LogP) is 6.47. The highest BCUT2D eigenvalue weighted by Gasteiger charge is 2.29. The van der Waals surface area contributed by atoms with E-state index >= 15 is 0 Å². The van der Waals surface area contributed by atoms with E-state index in [1.807, 2.05) is 35.2 Å². The zero-order valence-electron chi connectivity index (χ0n) is 22.4. The standard InChI is InChI=1S/C30H37N3O4S/c1-22-14-15-28(38-22)20-32(19-23-10-6-4-7-11-23)29(34)21-33(25-12-8-5-9-13-25)30(35)31-24-16-26(36-2)18-27(17-24)37-3/h4,6-7,10-11,14-18,25H,5,8-9,12-13,19-21H2,1-3H3,(H,31,35). The molecule has 1 aliphatic carbocycles. The van der Waals surface area contributed by atoms with Crippen LogP contribution < -0.4 is 14.8 Å². The van der Waals surface area contributed by atoms with Crippen molar-refractivity contribution >= 4 is 29.0 Å². The van der Waals surface area contributed by atoms with Crippen LogP contribution in [-0.4, -0.2) is 48.5 Å². The second-order valence-electron chi connectivity index (χ2n) is 9.70. The van der Waals surface area contributed by atoms with Crippen LogP contribution in [0.25, 0.3) is 0 Å². The highest BCUT2D eigenvalue weighted by atomic mass is 32.1. The first-order valence-electron chi connectivity index (χ1n) is 13.1. The lowest BCUT2D eigenvalue weighted by Gasteiger charge is -2.35. The quantitative estimate of drug-likeness (QED) is 0.323. The minimum Gasteiger partial charge on any atom is -0.497 e. The van der Waals surface area contributed by atoms with Gasteiger partial charge in [-0.3, -0.25) is 4.79 Å². The molecule has 1 fully saturated rings. The van der Waals surface area contributed by atoms with E-state index in [0.717, 1.165) is 42.5 Å². The van der Waals surface area contributed by atoms with Gasteiger partial charge in [-0.15, -0.1) is 11.3 Å². The summed E-state index contributed by atoms with van der Waals surface area (Å²) in [6.45, 7) is 3.10. The van der Waals surface area contributed by atoms with Gasteiger partial charge in [0, 0.05) is 46.2 Å². The molecule has 8 heteroatoms. The highest BCUT2D eigenvalue weighted by molar-refractivity contribution is 7.11. The van der Waals surface area contributed by atoms with Crippen LogP contribution >= 0.6 is 11.3 Å². The number of amides is 3. The first kappa shape index (κ1) is 27.5. The molecule has 2 aromatic carbocycles. The summed E-state index contributed by atoms with van der Waals surface area (Å²) in [6.07, 6.45) is 5.05. The SMILES string of the molecule is COc1cc(NC(=O)N(CC(=O)N(Cc2ccccc2)Cc2ccc(C)s2)C2CCCCC2)cc(OC)c1. The number of hydrogen-bond donors (Lipinski definition) is 1. The lowest BCUT2D eigenvalue weighted by atomic mass is 9.94. The summed E-state index contributed by atoms with van der Waals surface area (Å²) in [6, 6.07) is 19.1. The lowest BCUT2D eigenvalue weighted by Crippen LogP contribution is -2.49. The molecule has 4 rings (SSSR count). The molecule has 0 bridgehead atoms. The molecule has 202 valence electrons. The number of carbonyl (C=O) groups excluding carboxylic acids is 2. The van der Waals surface area contributed by atoms with E-state index in [4.69, 9.17) is 9.47 Å². The summed E-state index contributed by atoms with van der Waals surface area (Å²) in [5.41, 5.74) is 1.63. The minimum atomic E-state index is -0.285. The van der Waals surface area contributed by atoms with Crippen molar-refractivity contribution in [3.8, 4) is 11.5 Å². The lowest BCUT2D eigenvalue weighted by molar-refractivity contribution is -0.133. The molecule has 0 unspecified atom stereocenters. The molecule has 1 aromatic heterocycles. The Morgan fingerprint density at radius 1 is 0.921 bits per heavy atom. The molecule has 3 aromatic rings. The second kappa shape index (κ2) is 13.3. The number of anilines is 1. The van der Waals surface area contributed by atoms with Gasteiger partial charge in [0.25, 0.3) is 0 Å². The van der Waals surface area contributed by atoms with Gasteiger partial charge in [0.15, 0.2) is 0 Å². The smallest absolute Gasteiger partial charge is 0.322 e. The number of nitrogens with one attached hydrogen (secondary N) is 1. The Kier molecular flexibility index (Phi) is 9.65. The van der Waals surface area contributed by atoms with Crippen molar-refractivity contribution in [2.75, 3.05) is 26.1 Å². The highest BCUT2D eigenvalue weighted by Crippen LogP contribution is 2.28. The van der Waals surface area contributed by atoms with E-state index in [1.54, 1.807) is 48.7 Å². The average molecular weight is 536 g/mol. The van der Waals surface area contributed by atoms with Gasteiger partial charge >= 0.3 is 6.03 Å². The predicted molar refractivity (Wildman–Crippen MR) is 152 cm³/mol. The topological polar surface area (TPSA) is 71.1 Å². The van der Waals surface area contributed by atoms with Crippen LogP contribution in [0.15, 0.2) is 60.7 Å². The summed E-state index contributed by atoms with van der Waals surface area (Å²) in [7, 11) is 3.15. The Morgan fingerprint density at radius 3 is 2.21 bits per heavy atom. The molecule has 0 spiro atoms. The van der Waals surface area contributed by atoms with Crippen molar-refractivity contribution in [2.24, 2.45) is 0 Å². The Bertz CT molecular complexity index is 1180. The molecule has 0 radical (unpaired) electrons. The summed E-state index contributed by atoms with van der Waals surface area (Å²) < 4.78 is 10.7. The Morgan fingerprint density at radius 2 is 1.61 bits per heavy atom. The monoisotopic (exact) mass is 535 g/mol. The number of benzene rings is 2. The van der Waals surface area contributed by atoms with E-state index in [2.05, 4.69) is 24.4 Å². The normalized spacial score (nSPS) is 13.6. The Labute approximate surface area is 229 Å². The largest absolute Gasteiger partial charge is 0.497 e. The molecule has 1 N–H and O–H groups in total. The maximum atomic E-state index is 13.8. The van der Waals surface area contributed by atoms with E-state index in [1.165, 1.54) is 4.88 Å². The first-order valence-corrected chi connectivity index (χ1v) is 13.9. The maximum Gasteiger partial charge on any atom is 0.322 e. The number of methoxy groups -OCH3 is 2. The molecular weight excluding hydrogens is 498 g/mol. The van der Waals surface area contributed by atoms with Crippen LogP contribution in [0.4, 0.5) is 10.5 Å². The summed E-state index contributed by atoms with van der Waals surface area (Å²) >= 11 is 1.70. The first-order chi connectivity index (χ1) is 18.4. The van der Waals surface area contributed by atoms with E-state index in [0.29, 0.717) is 30.3 Å². The van der Waals surface area contributed by atoms with E-state index < -0.39 is 0 Å². The van der Waals surface area contributed by atoms with Gasteiger partial charge in [-0.05, 0) is 37.5 Å². The number of rotatable bonds is 10. The summed E-state index contributed by atoms with van der Waals surface area (Å²) in [4.78, 5) is 33.4. The fourth-order valence-corrected chi connectivity index (χ4v) is 5.78. The van der Waals surface area contributed by atoms with Crippen LogP contribution in [0, 0.1) is 6.92 Å². The van der Waals surface area contributed by atoms with Gasteiger partial charge in [-0.2, -0.15) is 0 Å². The van der Waals surface area contributed by atoms with Crippen LogP contribution in [0.5, 0.6) is 11.5 Å². The molecule has 3 amide bonds. The van der Waals surface area contributed by atoms with Crippen molar-refractivity contribution in [3.05, 3.63) is 76.0 Å². The Hall–Kier alpha value is -3.52. The summed E-state index contributed by atoms with van der Waals surface area (Å²) in [5.74, 6) is 1.10. The Balaban J connectivity index is 1.56. The number of nitrogens with zero attached hydrogens (tertiary/aromatic N) is 2. The number of carbonyl (C=O) groups is 2. The third-order valence-corrected chi connectivity index (χ3v) is 7.88. The average Bonchev–Trinajstić information content (AvgIpc) is 3.36. The van der Waals surface area contributed by atoms with E-state index in [-0.39, 0.29) is 24.5 Å². The number of ether oxygens (including phenoxy) is 2. The fraction of sp³-hybridized carbons (Fsp3) is 0.400. The number of thiophene rings is 1. The molecule has 0 atom stereocenters. The van der Waals surface area contributed by atoms with Gasteiger partial charge in [0.05, 0.1) is 20.8 Å². The van der Waals surface area contributed by atoms with E-state index in [9.17, 15) is 9.59 Å². The molecule has 7 nitrogen and oxygen atoms in total. The molecule has 1 saturated carbocycles. The molecule has 0 saturated heterocycles. The van der Waals surface area contributed by atoms with Crippen LogP contribution in [0.2, 0.25) is 0 Å². The van der Waals surface area contributed by atoms with Gasteiger partial charge < -0.3 is 24.6 Å². The van der Waals surface area contributed by atoms with Crippen molar-refractivity contribution < 1.29 is 19.1 Å². The number of hydrogen-bond acceptors (Lipinski definition) is 5. The number of urea groups is 1. The van der Waals surface area contributed by atoms with Crippen LogP contribution in [0.1, 0.15) is 47.4 Å².